The lowest BCUT2D eigenvalue weighted by atomic mass is 10.0. The molecule has 2 aliphatic rings. The van der Waals surface area contributed by atoms with E-state index in [1.807, 2.05) is 21.2 Å². The van der Waals surface area contributed by atoms with Crippen LogP contribution in [0.1, 0.15) is 22.5 Å². The summed E-state index contributed by atoms with van der Waals surface area (Å²) in [5.74, 6) is 0.102. The van der Waals surface area contributed by atoms with Crippen LogP contribution in [-0.4, -0.2) is 54.0 Å². The number of hydrogen-bond acceptors (Lipinski definition) is 3. The quantitative estimate of drug-likeness (QED) is 0.881. The molecule has 0 aromatic carbocycles. The fourth-order valence-corrected chi connectivity index (χ4v) is 4.19. The molecule has 20 heavy (non-hydrogen) atoms. The molecule has 5 nitrogen and oxygen atoms in total. The summed E-state index contributed by atoms with van der Waals surface area (Å²) in [7, 11) is 0. The Hall–Kier alpha value is -1.08. The first kappa shape index (κ1) is 13.9. The summed E-state index contributed by atoms with van der Waals surface area (Å²) in [6.07, 6.45) is 1.73. The predicted molar refractivity (Wildman–Crippen MR) is 81.0 cm³/mol. The predicted octanol–water partition coefficient (Wildman–Crippen LogP) is 2.14. The summed E-state index contributed by atoms with van der Waals surface area (Å²) in [4.78, 5) is 28.5. The maximum absolute atomic E-state index is 12.3. The van der Waals surface area contributed by atoms with E-state index in [1.165, 1.54) is 11.3 Å². The lowest BCUT2D eigenvalue weighted by Gasteiger charge is -2.35. The number of amides is 3. The summed E-state index contributed by atoms with van der Waals surface area (Å²) < 4.78 is 0.953. The highest BCUT2D eigenvalue weighted by atomic mass is 79.9. The van der Waals surface area contributed by atoms with Gasteiger partial charge in [0.05, 0.1) is 4.88 Å². The molecule has 0 radical (unpaired) electrons. The van der Waals surface area contributed by atoms with Gasteiger partial charge in [-0.2, -0.15) is 0 Å². The van der Waals surface area contributed by atoms with Crippen molar-refractivity contribution in [3.05, 3.63) is 20.8 Å². The fourth-order valence-electron chi connectivity index (χ4n) is 2.80. The average Bonchev–Trinajstić information content (AvgIpc) is 3.07. The van der Waals surface area contributed by atoms with Gasteiger partial charge in [-0.15, -0.1) is 11.3 Å². The van der Waals surface area contributed by atoms with Crippen molar-refractivity contribution in [1.29, 1.82) is 0 Å². The van der Waals surface area contributed by atoms with Crippen LogP contribution in [0.15, 0.2) is 15.9 Å². The molecule has 0 unspecified atom stereocenters. The maximum atomic E-state index is 12.3. The smallest absolute Gasteiger partial charge is 0.317 e. The molecule has 0 saturated carbocycles. The van der Waals surface area contributed by atoms with Crippen LogP contribution in [0.3, 0.4) is 0 Å². The number of rotatable bonds is 2. The minimum Gasteiger partial charge on any atom is -0.338 e. The van der Waals surface area contributed by atoms with E-state index in [-0.39, 0.29) is 18.0 Å². The van der Waals surface area contributed by atoms with Crippen molar-refractivity contribution < 1.29 is 9.59 Å². The van der Waals surface area contributed by atoms with Gasteiger partial charge in [-0.1, -0.05) is 0 Å². The summed E-state index contributed by atoms with van der Waals surface area (Å²) >= 11 is 4.84. The molecular weight excluding hydrogens is 342 g/mol. The van der Waals surface area contributed by atoms with Gasteiger partial charge in [-0.25, -0.2) is 4.79 Å². The van der Waals surface area contributed by atoms with E-state index in [2.05, 4.69) is 21.2 Å². The van der Waals surface area contributed by atoms with E-state index in [0.717, 1.165) is 48.4 Å². The molecule has 1 N–H and O–H groups in total. The first-order valence-electron chi connectivity index (χ1n) is 6.73. The average molecular weight is 358 g/mol. The molecule has 2 saturated heterocycles. The number of carbonyl (C=O) groups is 2. The normalized spacial score (nSPS) is 20.4. The minimum absolute atomic E-state index is 0.0389. The number of nitrogens with one attached hydrogen (secondary N) is 1. The second-order valence-corrected chi connectivity index (χ2v) is 6.90. The Labute approximate surface area is 130 Å². The van der Waals surface area contributed by atoms with Crippen LogP contribution in [0.5, 0.6) is 0 Å². The number of carbonyl (C=O) groups excluding carboxylic acids is 2. The van der Waals surface area contributed by atoms with Crippen molar-refractivity contribution in [3.8, 4) is 0 Å². The van der Waals surface area contributed by atoms with E-state index in [9.17, 15) is 9.59 Å². The van der Waals surface area contributed by atoms with Crippen molar-refractivity contribution in [2.24, 2.45) is 0 Å². The van der Waals surface area contributed by atoms with Gasteiger partial charge in [-0.3, -0.25) is 4.79 Å². The lowest BCUT2D eigenvalue weighted by Crippen LogP contribution is -2.47. The largest absolute Gasteiger partial charge is 0.338 e. The van der Waals surface area contributed by atoms with Gasteiger partial charge in [0.15, 0.2) is 0 Å². The number of urea groups is 1. The van der Waals surface area contributed by atoms with Crippen LogP contribution < -0.4 is 5.32 Å². The third-order valence-corrected chi connectivity index (χ3v) is 5.54. The molecule has 0 atom stereocenters. The molecule has 7 heteroatoms. The summed E-state index contributed by atoms with van der Waals surface area (Å²) in [5.41, 5.74) is 0. The fraction of sp³-hybridized carbons (Fsp3) is 0.538. The van der Waals surface area contributed by atoms with Crippen LogP contribution in [-0.2, 0) is 0 Å². The highest BCUT2D eigenvalue weighted by Crippen LogP contribution is 2.24. The Bertz CT molecular complexity index is 525. The SMILES string of the molecule is O=C(c1cc(Br)cs1)N1CCC(N2CCNC2=O)CC1. The van der Waals surface area contributed by atoms with Gasteiger partial charge in [0.25, 0.3) is 5.91 Å². The number of halogens is 1. The highest BCUT2D eigenvalue weighted by molar-refractivity contribution is 9.10. The molecule has 2 aliphatic heterocycles. The Morgan fingerprint density at radius 3 is 2.65 bits per heavy atom. The third kappa shape index (κ3) is 2.69. The van der Waals surface area contributed by atoms with Gasteiger partial charge in [0.1, 0.15) is 0 Å². The number of thiophene rings is 1. The third-order valence-electron chi connectivity index (χ3n) is 3.86. The molecule has 108 valence electrons. The van der Waals surface area contributed by atoms with Gasteiger partial charge in [0.2, 0.25) is 0 Å². The molecule has 3 rings (SSSR count). The second kappa shape index (κ2) is 5.73. The summed E-state index contributed by atoms with van der Waals surface area (Å²) in [6, 6.07) is 2.18. The monoisotopic (exact) mass is 357 g/mol. The van der Waals surface area contributed by atoms with Crippen LogP contribution in [0.25, 0.3) is 0 Å². The zero-order valence-corrected chi connectivity index (χ0v) is 13.4. The molecule has 1 aromatic rings. The van der Waals surface area contributed by atoms with Gasteiger partial charge in [0, 0.05) is 42.1 Å². The number of nitrogens with zero attached hydrogens (tertiary/aromatic N) is 2. The Morgan fingerprint density at radius 1 is 1.35 bits per heavy atom. The van der Waals surface area contributed by atoms with Crippen LogP contribution in [0, 0.1) is 0 Å². The van der Waals surface area contributed by atoms with Crippen molar-refractivity contribution in [1.82, 2.24) is 15.1 Å². The number of piperidine rings is 1. The Morgan fingerprint density at radius 2 is 2.10 bits per heavy atom. The standard InChI is InChI=1S/C13H16BrN3O2S/c14-9-7-11(20-8-9)12(18)16-4-1-10(2-5-16)17-6-3-15-13(17)19/h7-8,10H,1-6H2,(H,15,19). The minimum atomic E-state index is 0.0389. The van der Waals surface area contributed by atoms with E-state index in [0.29, 0.717) is 0 Å². The molecule has 3 heterocycles. The topological polar surface area (TPSA) is 52.7 Å². The first-order valence-corrected chi connectivity index (χ1v) is 8.40. The van der Waals surface area contributed by atoms with Crippen LogP contribution in [0.2, 0.25) is 0 Å². The Kier molecular flexibility index (Phi) is 3.98. The van der Waals surface area contributed by atoms with E-state index in [1.54, 1.807) is 0 Å². The van der Waals surface area contributed by atoms with Gasteiger partial charge >= 0.3 is 6.03 Å². The second-order valence-electron chi connectivity index (χ2n) is 5.08. The van der Waals surface area contributed by atoms with Crippen molar-refractivity contribution >= 4 is 39.2 Å². The number of likely N-dealkylation sites (tertiary alicyclic amines) is 1. The van der Waals surface area contributed by atoms with Crippen LogP contribution >= 0.6 is 27.3 Å². The molecule has 0 spiro atoms. The lowest BCUT2D eigenvalue weighted by molar-refractivity contribution is 0.0671. The Balaban J connectivity index is 1.58. The zero-order valence-electron chi connectivity index (χ0n) is 11.0. The van der Waals surface area contributed by atoms with E-state index >= 15 is 0 Å². The van der Waals surface area contributed by atoms with Gasteiger partial charge in [-0.05, 0) is 34.8 Å². The molecule has 3 amide bonds. The molecule has 2 fully saturated rings. The van der Waals surface area contributed by atoms with Crippen LogP contribution in [0.4, 0.5) is 4.79 Å². The number of hydrogen-bond donors (Lipinski definition) is 1. The van der Waals surface area contributed by atoms with Crippen molar-refractivity contribution in [2.45, 2.75) is 18.9 Å². The molecule has 0 bridgehead atoms. The summed E-state index contributed by atoms with van der Waals surface area (Å²) in [5, 5.41) is 4.76. The first-order chi connectivity index (χ1) is 9.65. The highest BCUT2D eigenvalue weighted by Gasteiger charge is 2.32. The molecular formula is C13H16BrN3O2S. The molecule has 0 aliphatic carbocycles. The summed E-state index contributed by atoms with van der Waals surface area (Å²) in [6.45, 7) is 2.97. The zero-order chi connectivity index (χ0) is 14.1. The van der Waals surface area contributed by atoms with Crippen molar-refractivity contribution in [3.63, 3.8) is 0 Å². The molecule has 1 aromatic heterocycles. The maximum Gasteiger partial charge on any atom is 0.317 e. The van der Waals surface area contributed by atoms with Gasteiger partial charge < -0.3 is 15.1 Å². The van der Waals surface area contributed by atoms with Crippen molar-refractivity contribution in [2.75, 3.05) is 26.2 Å². The van der Waals surface area contributed by atoms with E-state index in [4.69, 9.17) is 0 Å². The van der Waals surface area contributed by atoms with E-state index < -0.39 is 0 Å².